The molecule has 104 valence electrons. The van der Waals surface area contributed by atoms with Crippen molar-refractivity contribution in [3.63, 3.8) is 0 Å². The Balaban J connectivity index is 1.86. The summed E-state index contributed by atoms with van der Waals surface area (Å²) in [6.45, 7) is 3.93. The van der Waals surface area contributed by atoms with Crippen molar-refractivity contribution in [3.8, 4) is 0 Å². The van der Waals surface area contributed by atoms with E-state index in [0.29, 0.717) is 18.8 Å². The number of carbonyl (C=O) groups is 1. The number of nitrogens with one attached hydrogen (secondary N) is 1. The summed E-state index contributed by atoms with van der Waals surface area (Å²) in [4.78, 5) is 11.1. The third-order valence-corrected chi connectivity index (χ3v) is 3.24. The van der Waals surface area contributed by atoms with Gasteiger partial charge in [0.2, 0.25) is 0 Å². The molecule has 0 heterocycles. The fraction of sp³-hybridized carbons (Fsp3) is 0.500. The zero-order chi connectivity index (χ0) is 13.8. The molecular weight excluding hydrogens is 244 g/mol. The summed E-state index contributed by atoms with van der Waals surface area (Å²) in [5.41, 5.74) is 7.73. The molecule has 0 unspecified atom stereocenters. The van der Waals surface area contributed by atoms with E-state index in [1.165, 1.54) is 12.8 Å². The number of carboxylic acids is 1. The van der Waals surface area contributed by atoms with Crippen molar-refractivity contribution < 1.29 is 14.6 Å². The number of ether oxygens (including phenoxy) is 1. The summed E-state index contributed by atoms with van der Waals surface area (Å²) < 4.78 is 5.51. The van der Waals surface area contributed by atoms with Gasteiger partial charge in [-0.25, -0.2) is 4.79 Å². The van der Waals surface area contributed by atoms with Crippen LogP contribution in [0, 0.1) is 12.8 Å². The zero-order valence-electron chi connectivity index (χ0n) is 11.1. The van der Waals surface area contributed by atoms with E-state index in [2.05, 4.69) is 5.32 Å². The summed E-state index contributed by atoms with van der Waals surface area (Å²) in [7, 11) is 0. The summed E-state index contributed by atoms with van der Waals surface area (Å²) >= 11 is 0. The fourth-order valence-electron chi connectivity index (χ4n) is 1.88. The van der Waals surface area contributed by atoms with Gasteiger partial charge in [0.25, 0.3) is 0 Å². The van der Waals surface area contributed by atoms with Crippen molar-refractivity contribution >= 4 is 17.3 Å². The molecular formula is C14H20N2O3. The largest absolute Gasteiger partial charge is 0.478 e. The molecule has 0 atom stereocenters. The second-order valence-corrected chi connectivity index (χ2v) is 5.00. The summed E-state index contributed by atoms with van der Waals surface area (Å²) in [5, 5.41) is 12.2. The number of nitrogens with two attached hydrogens (primary N) is 1. The van der Waals surface area contributed by atoms with Crippen LogP contribution in [0.2, 0.25) is 0 Å². The van der Waals surface area contributed by atoms with E-state index in [-0.39, 0.29) is 5.56 Å². The Morgan fingerprint density at radius 2 is 2.26 bits per heavy atom. The Hall–Kier alpha value is -1.75. The lowest BCUT2D eigenvalue weighted by Crippen LogP contribution is -2.12. The minimum Gasteiger partial charge on any atom is -0.478 e. The van der Waals surface area contributed by atoms with E-state index in [1.54, 1.807) is 13.0 Å². The van der Waals surface area contributed by atoms with Crippen molar-refractivity contribution in [1.82, 2.24) is 0 Å². The molecule has 5 nitrogen and oxygen atoms in total. The highest BCUT2D eigenvalue weighted by Crippen LogP contribution is 2.28. The fourth-order valence-corrected chi connectivity index (χ4v) is 1.88. The van der Waals surface area contributed by atoms with Crippen LogP contribution in [0.3, 0.4) is 0 Å². The van der Waals surface area contributed by atoms with Crippen LogP contribution in [-0.4, -0.2) is 30.8 Å². The van der Waals surface area contributed by atoms with Crippen molar-refractivity contribution in [2.75, 3.05) is 30.8 Å². The van der Waals surface area contributed by atoms with Gasteiger partial charge in [0.15, 0.2) is 0 Å². The van der Waals surface area contributed by atoms with E-state index in [0.717, 1.165) is 23.8 Å². The highest BCUT2D eigenvalue weighted by Gasteiger charge is 2.20. The maximum absolute atomic E-state index is 11.1. The zero-order valence-corrected chi connectivity index (χ0v) is 11.1. The number of anilines is 2. The maximum Gasteiger partial charge on any atom is 0.337 e. The lowest BCUT2D eigenvalue weighted by Gasteiger charge is -2.11. The van der Waals surface area contributed by atoms with E-state index < -0.39 is 5.97 Å². The molecule has 1 aromatic rings. The Morgan fingerprint density at radius 3 is 2.89 bits per heavy atom. The molecule has 5 heteroatoms. The molecule has 1 saturated carbocycles. The number of benzene rings is 1. The highest BCUT2D eigenvalue weighted by atomic mass is 16.5. The molecule has 1 aromatic carbocycles. The summed E-state index contributed by atoms with van der Waals surface area (Å²) in [6.07, 6.45) is 2.57. The normalized spacial score (nSPS) is 14.4. The number of hydrogen-bond donors (Lipinski definition) is 3. The number of hydrogen-bond acceptors (Lipinski definition) is 4. The van der Waals surface area contributed by atoms with Crippen molar-refractivity contribution in [1.29, 1.82) is 0 Å². The third-order valence-electron chi connectivity index (χ3n) is 3.24. The molecule has 1 aliphatic rings. The quantitative estimate of drug-likeness (QED) is 0.519. The molecule has 0 saturated heterocycles. The number of aromatic carboxylic acids is 1. The molecule has 0 radical (unpaired) electrons. The van der Waals surface area contributed by atoms with Gasteiger partial charge in [-0.1, -0.05) is 0 Å². The molecule has 0 aliphatic heterocycles. The van der Waals surface area contributed by atoms with Gasteiger partial charge in [-0.15, -0.1) is 0 Å². The standard InChI is InChI=1S/C14H20N2O3/c1-9-6-11(7-12(13(9)15)14(17)18)16-4-5-19-8-10-2-3-10/h6-7,10,16H,2-5,8,15H2,1H3,(H,17,18). The SMILES string of the molecule is Cc1cc(NCCOCC2CC2)cc(C(=O)O)c1N. The monoisotopic (exact) mass is 264 g/mol. The van der Waals surface area contributed by atoms with Crippen molar-refractivity contribution in [2.24, 2.45) is 5.92 Å². The smallest absolute Gasteiger partial charge is 0.337 e. The van der Waals surface area contributed by atoms with Gasteiger partial charge in [-0.05, 0) is 43.4 Å². The first kappa shape index (κ1) is 13.7. The second-order valence-electron chi connectivity index (χ2n) is 5.00. The number of rotatable bonds is 7. The minimum atomic E-state index is -1.01. The van der Waals surface area contributed by atoms with Gasteiger partial charge in [0.1, 0.15) is 0 Å². The molecule has 1 aliphatic carbocycles. The average Bonchev–Trinajstić information content (AvgIpc) is 3.16. The van der Waals surface area contributed by atoms with Gasteiger partial charge in [0, 0.05) is 24.5 Å². The van der Waals surface area contributed by atoms with E-state index >= 15 is 0 Å². The van der Waals surface area contributed by atoms with Gasteiger partial charge < -0.3 is 20.9 Å². The molecule has 0 amide bonds. The van der Waals surface area contributed by atoms with E-state index in [9.17, 15) is 4.79 Å². The van der Waals surface area contributed by atoms with E-state index in [4.69, 9.17) is 15.6 Å². The van der Waals surface area contributed by atoms with Crippen molar-refractivity contribution in [2.45, 2.75) is 19.8 Å². The highest BCUT2D eigenvalue weighted by molar-refractivity contribution is 5.95. The number of nitrogen functional groups attached to an aromatic ring is 1. The first-order valence-electron chi connectivity index (χ1n) is 6.53. The van der Waals surface area contributed by atoms with Crippen LogP contribution in [0.15, 0.2) is 12.1 Å². The van der Waals surface area contributed by atoms with Crippen LogP contribution in [-0.2, 0) is 4.74 Å². The molecule has 0 bridgehead atoms. The minimum absolute atomic E-state index is 0.140. The van der Waals surface area contributed by atoms with Gasteiger partial charge >= 0.3 is 5.97 Å². The first-order valence-corrected chi connectivity index (χ1v) is 6.53. The van der Waals surface area contributed by atoms with Crippen molar-refractivity contribution in [3.05, 3.63) is 23.3 Å². The van der Waals surface area contributed by atoms with Gasteiger partial charge in [-0.3, -0.25) is 0 Å². The lowest BCUT2D eigenvalue weighted by molar-refractivity contribution is 0.0698. The molecule has 1 fully saturated rings. The van der Waals surface area contributed by atoms with Crippen LogP contribution < -0.4 is 11.1 Å². The van der Waals surface area contributed by atoms with Crippen LogP contribution in [0.25, 0.3) is 0 Å². The van der Waals surface area contributed by atoms with E-state index in [1.807, 2.05) is 6.07 Å². The summed E-state index contributed by atoms with van der Waals surface area (Å²) in [6, 6.07) is 3.41. The molecule has 0 spiro atoms. The predicted octanol–water partition coefficient (Wildman–Crippen LogP) is 2.11. The lowest BCUT2D eigenvalue weighted by atomic mass is 10.1. The average molecular weight is 264 g/mol. The third kappa shape index (κ3) is 3.86. The van der Waals surface area contributed by atoms with Crippen LogP contribution >= 0.6 is 0 Å². The summed E-state index contributed by atoms with van der Waals surface area (Å²) in [5.74, 6) is -0.244. The maximum atomic E-state index is 11.1. The van der Waals surface area contributed by atoms with Crippen LogP contribution in [0.5, 0.6) is 0 Å². The molecule has 4 N–H and O–H groups in total. The predicted molar refractivity (Wildman–Crippen MR) is 74.6 cm³/mol. The first-order chi connectivity index (χ1) is 9.08. The number of carboxylic acid groups (broad SMARTS) is 1. The Bertz CT molecular complexity index is 470. The Kier molecular flexibility index (Phi) is 4.27. The molecule has 0 aromatic heterocycles. The van der Waals surface area contributed by atoms with Crippen LogP contribution in [0.4, 0.5) is 11.4 Å². The Labute approximate surface area is 112 Å². The molecule has 19 heavy (non-hydrogen) atoms. The topological polar surface area (TPSA) is 84.6 Å². The molecule has 2 rings (SSSR count). The van der Waals surface area contributed by atoms with Gasteiger partial charge in [-0.2, -0.15) is 0 Å². The van der Waals surface area contributed by atoms with Gasteiger partial charge in [0.05, 0.1) is 12.2 Å². The number of aryl methyl sites for hydroxylation is 1. The second kappa shape index (κ2) is 5.93. The van der Waals surface area contributed by atoms with Crippen LogP contribution in [0.1, 0.15) is 28.8 Å². The Morgan fingerprint density at radius 1 is 1.53 bits per heavy atom.